The first-order valence-corrected chi connectivity index (χ1v) is 5.89. The Hall–Kier alpha value is -3.13. The fourth-order valence-corrected chi connectivity index (χ4v) is 2.03. The third-order valence-electron chi connectivity index (χ3n) is 2.94. The molecule has 0 saturated carbocycles. The van der Waals surface area contributed by atoms with Gasteiger partial charge in [-0.05, 0) is 11.6 Å². The number of amides is 1. The highest BCUT2D eigenvalue weighted by Crippen LogP contribution is 2.32. The fourth-order valence-electron chi connectivity index (χ4n) is 2.03. The van der Waals surface area contributed by atoms with Gasteiger partial charge in [0, 0.05) is 40.1 Å². The molecule has 108 valence electrons. The number of nitrogens with one attached hydrogen (secondary N) is 3. The molecule has 0 saturated heterocycles. The minimum Gasteiger partial charge on any atom is -0.481 e. The van der Waals surface area contributed by atoms with Crippen molar-refractivity contribution in [3.05, 3.63) is 39.5 Å². The van der Waals surface area contributed by atoms with Gasteiger partial charge in [-0.2, -0.15) is 5.53 Å². The highest BCUT2D eigenvalue weighted by molar-refractivity contribution is 5.96. The van der Waals surface area contributed by atoms with Gasteiger partial charge in [0.2, 0.25) is 5.88 Å². The Morgan fingerprint density at radius 3 is 3.19 bits per heavy atom. The van der Waals surface area contributed by atoms with Crippen LogP contribution in [0.1, 0.15) is 5.56 Å². The molecule has 0 aliphatic carbocycles. The van der Waals surface area contributed by atoms with E-state index >= 15 is 0 Å². The van der Waals surface area contributed by atoms with Gasteiger partial charge < -0.3 is 10.1 Å². The number of rotatable bonds is 5. The lowest BCUT2D eigenvalue weighted by molar-refractivity contribution is -0.117. The predicted octanol–water partition coefficient (Wildman–Crippen LogP) is 1.68. The van der Waals surface area contributed by atoms with Gasteiger partial charge in [-0.15, -0.1) is 0 Å². The highest BCUT2D eigenvalue weighted by atomic mass is 16.5. The van der Waals surface area contributed by atoms with Crippen LogP contribution in [0.5, 0.6) is 5.88 Å². The van der Waals surface area contributed by atoms with Gasteiger partial charge in [-0.3, -0.25) is 4.79 Å². The van der Waals surface area contributed by atoms with E-state index in [0.717, 1.165) is 5.69 Å². The van der Waals surface area contributed by atoms with Crippen molar-refractivity contribution < 1.29 is 9.53 Å². The van der Waals surface area contributed by atoms with Crippen LogP contribution >= 0.6 is 0 Å². The molecule has 2 heterocycles. The molecule has 0 fully saturated rings. The van der Waals surface area contributed by atoms with E-state index in [9.17, 15) is 4.79 Å². The Labute approximate surface area is 119 Å². The SMILES string of the molecule is COc1nccc2c1CC(C(=O)NN=N)=C(CN=[N+]=[N-])N2. The largest absolute Gasteiger partial charge is 0.481 e. The molecule has 2 rings (SSSR count). The Kier molecular flexibility index (Phi) is 4.32. The van der Waals surface area contributed by atoms with Gasteiger partial charge in [0.05, 0.1) is 13.7 Å². The number of carbonyl (C=O) groups is 1. The number of fused-ring (bicyclic) bond motifs is 1. The summed E-state index contributed by atoms with van der Waals surface area (Å²) in [6.07, 6.45) is 1.80. The zero-order chi connectivity index (χ0) is 15.2. The van der Waals surface area contributed by atoms with Gasteiger partial charge in [0.1, 0.15) is 0 Å². The maximum atomic E-state index is 12.0. The molecule has 1 aromatic heterocycles. The highest BCUT2D eigenvalue weighted by Gasteiger charge is 2.25. The topological polar surface area (TPSA) is 148 Å². The van der Waals surface area contributed by atoms with Crippen LogP contribution in [0, 0.1) is 5.53 Å². The molecule has 10 heteroatoms. The van der Waals surface area contributed by atoms with E-state index in [1.807, 2.05) is 5.43 Å². The molecule has 3 N–H and O–H groups in total. The van der Waals surface area contributed by atoms with Crippen molar-refractivity contribution in [2.45, 2.75) is 6.42 Å². The molecule has 1 aliphatic rings. The normalized spacial score (nSPS) is 12.6. The van der Waals surface area contributed by atoms with Crippen LogP contribution in [-0.4, -0.2) is 24.5 Å². The van der Waals surface area contributed by atoms with Crippen molar-refractivity contribution in [2.75, 3.05) is 19.0 Å². The molecule has 0 unspecified atom stereocenters. The van der Waals surface area contributed by atoms with E-state index in [1.165, 1.54) is 7.11 Å². The van der Waals surface area contributed by atoms with Crippen molar-refractivity contribution in [3.8, 4) is 5.88 Å². The number of ether oxygens (including phenoxy) is 1. The predicted molar refractivity (Wildman–Crippen MR) is 72.4 cm³/mol. The molecule has 1 amide bonds. The number of aromatic nitrogens is 1. The van der Waals surface area contributed by atoms with Crippen LogP contribution in [-0.2, 0) is 11.2 Å². The van der Waals surface area contributed by atoms with Crippen molar-refractivity contribution in [3.63, 3.8) is 0 Å². The third kappa shape index (κ3) is 2.90. The summed E-state index contributed by atoms with van der Waals surface area (Å²) in [6.45, 7) is -0.0126. The second-order valence-electron chi connectivity index (χ2n) is 4.05. The molecule has 1 aliphatic heterocycles. The molecule has 21 heavy (non-hydrogen) atoms. The van der Waals surface area contributed by atoms with Crippen LogP contribution in [0.4, 0.5) is 5.69 Å². The van der Waals surface area contributed by atoms with Crippen LogP contribution in [0.25, 0.3) is 10.4 Å². The molecular formula is C11H12N8O2. The van der Waals surface area contributed by atoms with Crippen molar-refractivity contribution in [2.24, 2.45) is 10.3 Å². The summed E-state index contributed by atoms with van der Waals surface area (Å²) in [6, 6.07) is 1.73. The van der Waals surface area contributed by atoms with Crippen molar-refractivity contribution in [1.82, 2.24) is 10.4 Å². The van der Waals surface area contributed by atoms with E-state index in [0.29, 0.717) is 22.7 Å². The molecular weight excluding hydrogens is 276 g/mol. The van der Waals surface area contributed by atoms with Crippen LogP contribution in [0.15, 0.2) is 33.9 Å². The summed E-state index contributed by atoms with van der Waals surface area (Å²) in [7, 11) is 1.49. The van der Waals surface area contributed by atoms with E-state index < -0.39 is 5.91 Å². The lowest BCUT2D eigenvalue weighted by Gasteiger charge is -2.23. The molecule has 0 spiro atoms. The van der Waals surface area contributed by atoms with E-state index in [-0.39, 0.29) is 13.0 Å². The minimum absolute atomic E-state index is 0.0126. The van der Waals surface area contributed by atoms with Crippen LogP contribution in [0.3, 0.4) is 0 Å². The average Bonchev–Trinajstić information content (AvgIpc) is 2.51. The van der Waals surface area contributed by atoms with Crippen molar-refractivity contribution >= 4 is 11.6 Å². The summed E-state index contributed by atoms with van der Waals surface area (Å²) < 4.78 is 5.17. The summed E-state index contributed by atoms with van der Waals surface area (Å²) >= 11 is 0. The Balaban J connectivity index is 2.44. The smallest absolute Gasteiger partial charge is 0.270 e. The monoisotopic (exact) mass is 288 g/mol. The summed E-state index contributed by atoms with van der Waals surface area (Å²) in [4.78, 5) is 18.7. The molecule has 10 nitrogen and oxygen atoms in total. The Morgan fingerprint density at radius 2 is 2.52 bits per heavy atom. The second kappa shape index (κ2) is 6.35. The first kappa shape index (κ1) is 14.3. The van der Waals surface area contributed by atoms with E-state index in [4.69, 9.17) is 15.8 Å². The minimum atomic E-state index is -0.544. The zero-order valence-electron chi connectivity index (χ0n) is 11.1. The quantitative estimate of drug-likeness (QED) is 0.327. The number of carbonyl (C=O) groups excluding carboxylic acids is 1. The number of anilines is 1. The van der Waals surface area contributed by atoms with Crippen LogP contribution < -0.4 is 15.5 Å². The summed E-state index contributed by atoms with van der Waals surface area (Å²) in [5.41, 5.74) is 19.4. The molecule has 1 aromatic rings. The number of hydrogen-bond donors (Lipinski definition) is 3. The Bertz CT molecular complexity index is 662. The number of methoxy groups -OCH3 is 1. The van der Waals surface area contributed by atoms with Gasteiger partial charge >= 0.3 is 0 Å². The second-order valence-corrected chi connectivity index (χ2v) is 4.05. The standard InChI is InChI=1S/C11H12N8O2/c1-21-11-7-4-6(10(20)17-19-13)9(5-15-18-12)16-8(7)2-3-14-11/h2-3,16H,4-5H2,1H3,(H2,13,17,20). The Morgan fingerprint density at radius 1 is 1.71 bits per heavy atom. The summed E-state index contributed by atoms with van der Waals surface area (Å²) in [5, 5.41) is 9.35. The number of hydrogen-bond acceptors (Lipinski definition) is 7. The molecule has 0 radical (unpaired) electrons. The lowest BCUT2D eigenvalue weighted by Crippen LogP contribution is -2.27. The maximum absolute atomic E-state index is 12.0. The molecule has 0 aromatic carbocycles. The number of nitrogens with zero attached hydrogens (tertiary/aromatic N) is 5. The van der Waals surface area contributed by atoms with Crippen molar-refractivity contribution in [1.29, 1.82) is 5.53 Å². The van der Waals surface area contributed by atoms with E-state index in [2.05, 4.69) is 25.5 Å². The first-order chi connectivity index (χ1) is 10.2. The zero-order valence-corrected chi connectivity index (χ0v) is 11.1. The average molecular weight is 288 g/mol. The summed E-state index contributed by atoms with van der Waals surface area (Å²) in [5.74, 6) is -0.145. The van der Waals surface area contributed by atoms with Gasteiger partial charge in [0.25, 0.3) is 5.91 Å². The van der Waals surface area contributed by atoms with Gasteiger partial charge in [-0.25, -0.2) is 10.4 Å². The number of pyridine rings is 1. The number of azide groups is 1. The third-order valence-corrected chi connectivity index (χ3v) is 2.94. The maximum Gasteiger partial charge on any atom is 0.270 e. The van der Waals surface area contributed by atoms with E-state index in [1.54, 1.807) is 12.3 Å². The fraction of sp³-hybridized carbons (Fsp3) is 0.273. The molecule has 0 bridgehead atoms. The lowest BCUT2D eigenvalue weighted by atomic mass is 9.97. The van der Waals surface area contributed by atoms with Gasteiger partial charge in [0.15, 0.2) is 0 Å². The van der Waals surface area contributed by atoms with Crippen LogP contribution in [0.2, 0.25) is 0 Å². The first-order valence-electron chi connectivity index (χ1n) is 5.89. The van der Waals surface area contributed by atoms with Gasteiger partial charge in [-0.1, -0.05) is 10.3 Å². The molecule has 0 atom stereocenters.